The van der Waals surface area contributed by atoms with E-state index in [1.807, 2.05) is 66.7 Å². The van der Waals surface area contributed by atoms with Gasteiger partial charge in [0.05, 0.1) is 0 Å². The maximum Gasteiger partial charge on any atom is 0.328 e. The summed E-state index contributed by atoms with van der Waals surface area (Å²) in [4.78, 5) is 10.1. The molecule has 1 N–H and O–H groups in total. The molecule has 0 aliphatic rings. The summed E-state index contributed by atoms with van der Waals surface area (Å²) in [6.45, 7) is 3.63. The zero-order valence-corrected chi connectivity index (χ0v) is 10.6. The largest absolute Gasteiger partial charge is 0.478 e. The molecule has 0 heterocycles. The summed E-state index contributed by atoms with van der Waals surface area (Å²) in [5, 5.41) is 8.29. The summed E-state index contributed by atoms with van der Waals surface area (Å²) in [6, 6.07) is 19.3. The molecule has 19 heavy (non-hydrogen) atoms. The Morgan fingerprint density at radius 3 is 1.74 bits per heavy atom. The summed E-state index contributed by atoms with van der Waals surface area (Å²) in [7, 11) is 0. The fraction of sp³-hybridized carbons (Fsp3) is 0. The second kappa shape index (κ2) is 8.48. The van der Waals surface area contributed by atoms with Gasteiger partial charge in [-0.3, -0.25) is 0 Å². The summed E-state index contributed by atoms with van der Waals surface area (Å²) in [5.74, 6) is -0.922. The number of carbonyl (C=O) groups is 1. The van der Waals surface area contributed by atoms with E-state index in [9.17, 15) is 4.79 Å². The Balaban J connectivity index is 0.000000200. The molecule has 0 amide bonds. The standard InChI is InChI=1S/C9H8O2.C8H8/c10-9(11)7-6-8-4-2-1-3-5-8;1-2-8-6-4-3-5-7-8/h1-7H,(H,10,11);2-7H,1H2/b7-6+;. The second-order valence-corrected chi connectivity index (χ2v) is 3.70. The molecule has 0 saturated carbocycles. The van der Waals surface area contributed by atoms with Crippen LogP contribution in [-0.4, -0.2) is 11.1 Å². The molecular formula is C17H16O2. The number of hydrogen-bond acceptors (Lipinski definition) is 1. The lowest BCUT2D eigenvalue weighted by Gasteiger charge is -1.87. The van der Waals surface area contributed by atoms with Crippen molar-refractivity contribution in [1.82, 2.24) is 0 Å². The van der Waals surface area contributed by atoms with Gasteiger partial charge >= 0.3 is 5.97 Å². The molecule has 2 rings (SSSR count). The molecule has 0 unspecified atom stereocenters. The summed E-state index contributed by atoms with van der Waals surface area (Å²) in [6.07, 6.45) is 4.51. The van der Waals surface area contributed by atoms with E-state index in [0.29, 0.717) is 0 Å². The first kappa shape index (κ1) is 14.5. The summed E-state index contributed by atoms with van der Waals surface area (Å²) < 4.78 is 0. The van der Waals surface area contributed by atoms with Crippen molar-refractivity contribution in [2.24, 2.45) is 0 Å². The zero-order chi connectivity index (χ0) is 13.9. The molecule has 2 aromatic rings. The molecule has 0 radical (unpaired) electrons. The van der Waals surface area contributed by atoms with Crippen LogP contribution < -0.4 is 0 Å². The van der Waals surface area contributed by atoms with E-state index in [-0.39, 0.29) is 0 Å². The maximum atomic E-state index is 10.1. The van der Waals surface area contributed by atoms with Crippen molar-refractivity contribution in [3.63, 3.8) is 0 Å². The van der Waals surface area contributed by atoms with Crippen LogP contribution >= 0.6 is 0 Å². The van der Waals surface area contributed by atoms with Crippen molar-refractivity contribution in [3.05, 3.63) is 84.4 Å². The number of aliphatic carboxylic acids is 1. The summed E-state index contributed by atoms with van der Waals surface area (Å²) in [5.41, 5.74) is 2.07. The van der Waals surface area contributed by atoms with Gasteiger partial charge in [0.15, 0.2) is 0 Å². The van der Waals surface area contributed by atoms with Gasteiger partial charge in [0.2, 0.25) is 0 Å². The van der Waals surface area contributed by atoms with Gasteiger partial charge in [-0.2, -0.15) is 0 Å². The van der Waals surface area contributed by atoms with Crippen molar-refractivity contribution in [3.8, 4) is 0 Å². The SMILES string of the molecule is C=Cc1ccccc1.O=C(O)/C=C/c1ccccc1. The van der Waals surface area contributed by atoms with E-state index in [1.165, 1.54) is 5.56 Å². The van der Waals surface area contributed by atoms with Gasteiger partial charge in [0.25, 0.3) is 0 Å². The van der Waals surface area contributed by atoms with E-state index in [2.05, 4.69) is 6.58 Å². The Morgan fingerprint density at radius 2 is 1.37 bits per heavy atom. The summed E-state index contributed by atoms with van der Waals surface area (Å²) >= 11 is 0. The van der Waals surface area contributed by atoms with Crippen molar-refractivity contribution < 1.29 is 9.90 Å². The maximum absolute atomic E-state index is 10.1. The lowest BCUT2D eigenvalue weighted by atomic mass is 10.2. The van der Waals surface area contributed by atoms with E-state index in [1.54, 1.807) is 6.08 Å². The highest BCUT2D eigenvalue weighted by molar-refractivity contribution is 5.85. The first-order chi connectivity index (χ1) is 9.22. The highest BCUT2D eigenvalue weighted by Crippen LogP contribution is 2.00. The third-order valence-electron chi connectivity index (χ3n) is 2.25. The van der Waals surface area contributed by atoms with Crippen molar-refractivity contribution >= 4 is 18.1 Å². The number of carboxylic acids is 1. The van der Waals surface area contributed by atoms with Gasteiger partial charge in [0, 0.05) is 6.08 Å². The molecule has 0 aromatic heterocycles. The van der Waals surface area contributed by atoms with Gasteiger partial charge in [-0.1, -0.05) is 73.3 Å². The van der Waals surface area contributed by atoms with Crippen molar-refractivity contribution in [2.45, 2.75) is 0 Å². The van der Waals surface area contributed by atoms with Crippen LogP contribution in [0.1, 0.15) is 11.1 Å². The van der Waals surface area contributed by atoms with E-state index in [0.717, 1.165) is 11.6 Å². The highest BCUT2D eigenvalue weighted by Gasteiger charge is 1.85. The molecule has 2 heteroatoms. The number of rotatable bonds is 3. The topological polar surface area (TPSA) is 37.3 Å². The average molecular weight is 252 g/mol. The number of carboxylic acid groups (broad SMARTS) is 1. The fourth-order valence-electron chi connectivity index (χ4n) is 1.32. The fourth-order valence-corrected chi connectivity index (χ4v) is 1.32. The van der Waals surface area contributed by atoms with Crippen LogP contribution in [0.15, 0.2) is 73.3 Å². The quantitative estimate of drug-likeness (QED) is 0.834. The molecule has 0 bridgehead atoms. The third-order valence-corrected chi connectivity index (χ3v) is 2.25. The average Bonchev–Trinajstić information content (AvgIpc) is 2.48. The van der Waals surface area contributed by atoms with Crippen molar-refractivity contribution in [2.75, 3.05) is 0 Å². The predicted octanol–water partition coefficient (Wildman–Crippen LogP) is 4.11. The van der Waals surface area contributed by atoms with Gasteiger partial charge in [-0.25, -0.2) is 4.79 Å². The third kappa shape index (κ3) is 6.64. The van der Waals surface area contributed by atoms with Gasteiger partial charge in [-0.15, -0.1) is 0 Å². The molecule has 96 valence electrons. The van der Waals surface area contributed by atoms with Crippen LogP contribution in [0, 0.1) is 0 Å². The number of benzene rings is 2. The molecule has 2 aromatic carbocycles. The smallest absolute Gasteiger partial charge is 0.328 e. The molecular weight excluding hydrogens is 236 g/mol. The molecule has 0 saturated heterocycles. The number of hydrogen-bond donors (Lipinski definition) is 1. The van der Waals surface area contributed by atoms with Crippen LogP contribution in [0.3, 0.4) is 0 Å². The zero-order valence-electron chi connectivity index (χ0n) is 10.6. The van der Waals surface area contributed by atoms with Crippen LogP contribution in [0.25, 0.3) is 12.2 Å². The lowest BCUT2D eigenvalue weighted by molar-refractivity contribution is -0.131. The molecule has 0 spiro atoms. The molecule has 0 aliphatic heterocycles. The van der Waals surface area contributed by atoms with Crippen LogP contribution in [0.2, 0.25) is 0 Å². The molecule has 2 nitrogen and oxygen atoms in total. The van der Waals surface area contributed by atoms with E-state index < -0.39 is 5.97 Å². The van der Waals surface area contributed by atoms with Crippen LogP contribution in [0.5, 0.6) is 0 Å². The minimum absolute atomic E-state index is 0.898. The Bertz CT molecular complexity index is 528. The first-order valence-electron chi connectivity index (χ1n) is 5.86. The Hall–Kier alpha value is -2.61. The van der Waals surface area contributed by atoms with E-state index >= 15 is 0 Å². The molecule has 0 aliphatic carbocycles. The highest BCUT2D eigenvalue weighted by atomic mass is 16.4. The monoisotopic (exact) mass is 252 g/mol. The Morgan fingerprint density at radius 1 is 0.895 bits per heavy atom. The predicted molar refractivity (Wildman–Crippen MR) is 79.6 cm³/mol. The Kier molecular flexibility index (Phi) is 6.45. The van der Waals surface area contributed by atoms with Crippen molar-refractivity contribution in [1.29, 1.82) is 0 Å². The molecule has 0 atom stereocenters. The lowest BCUT2D eigenvalue weighted by Crippen LogP contribution is -1.85. The van der Waals surface area contributed by atoms with Gasteiger partial charge in [0.1, 0.15) is 0 Å². The van der Waals surface area contributed by atoms with Crippen LogP contribution in [0.4, 0.5) is 0 Å². The molecule has 0 fully saturated rings. The van der Waals surface area contributed by atoms with E-state index in [4.69, 9.17) is 5.11 Å². The van der Waals surface area contributed by atoms with Crippen LogP contribution in [-0.2, 0) is 4.79 Å². The normalized spacial score (nSPS) is 9.47. The van der Waals surface area contributed by atoms with Gasteiger partial charge in [-0.05, 0) is 17.2 Å². The second-order valence-electron chi connectivity index (χ2n) is 3.70. The van der Waals surface area contributed by atoms with Gasteiger partial charge < -0.3 is 5.11 Å². The first-order valence-corrected chi connectivity index (χ1v) is 5.86. The Labute approximate surface area is 113 Å². The minimum atomic E-state index is -0.922. The minimum Gasteiger partial charge on any atom is -0.478 e.